The molecule has 1 aromatic carbocycles. The zero-order valence-electron chi connectivity index (χ0n) is 10.9. The van der Waals surface area contributed by atoms with Crippen LogP contribution in [0.4, 0.5) is 10.5 Å². The summed E-state index contributed by atoms with van der Waals surface area (Å²) in [5, 5.41) is 5.24. The number of amides is 3. The van der Waals surface area contributed by atoms with Crippen LogP contribution in [0.1, 0.15) is 20.3 Å². The lowest BCUT2D eigenvalue weighted by molar-refractivity contribution is -0.119. The van der Waals surface area contributed by atoms with Crippen molar-refractivity contribution in [3.63, 3.8) is 0 Å². The fraction of sp³-hybridized carbons (Fsp3) is 0.385. The highest BCUT2D eigenvalue weighted by Gasteiger charge is 2.25. The van der Waals surface area contributed by atoms with Gasteiger partial charge in [-0.3, -0.25) is 4.79 Å². The van der Waals surface area contributed by atoms with Gasteiger partial charge in [-0.2, -0.15) is 0 Å². The van der Waals surface area contributed by atoms with E-state index in [-0.39, 0.29) is 11.8 Å². The first-order valence-corrected chi connectivity index (χ1v) is 6.85. The van der Waals surface area contributed by atoms with Gasteiger partial charge < -0.3 is 16.4 Å². The first kappa shape index (κ1) is 15.5. The average molecular weight is 328 g/mol. The van der Waals surface area contributed by atoms with Gasteiger partial charge in [0.2, 0.25) is 5.91 Å². The summed E-state index contributed by atoms with van der Waals surface area (Å²) < 4.78 is 0.930. The molecule has 5 nitrogen and oxygen atoms in total. The Bertz CT molecular complexity index is 448. The highest BCUT2D eigenvalue weighted by atomic mass is 79.9. The fourth-order valence-corrected chi connectivity index (χ4v) is 1.87. The highest BCUT2D eigenvalue weighted by Crippen LogP contribution is 2.16. The summed E-state index contributed by atoms with van der Waals surface area (Å²) >= 11 is 3.32. The summed E-state index contributed by atoms with van der Waals surface area (Å²) in [7, 11) is 0. The van der Waals surface area contributed by atoms with Crippen LogP contribution in [0.25, 0.3) is 0 Å². The Morgan fingerprint density at radius 1 is 1.32 bits per heavy atom. The van der Waals surface area contributed by atoms with Crippen LogP contribution in [0.3, 0.4) is 0 Å². The molecule has 0 saturated carbocycles. The number of carbonyl (C=O) groups is 2. The molecule has 4 N–H and O–H groups in total. The summed E-state index contributed by atoms with van der Waals surface area (Å²) in [4.78, 5) is 23.1. The molecule has 0 bridgehead atoms. The van der Waals surface area contributed by atoms with Crippen LogP contribution in [-0.2, 0) is 4.79 Å². The van der Waals surface area contributed by atoms with E-state index in [9.17, 15) is 9.59 Å². The molecule has 0 aliphatic carbocycles. The van der Waals surface area contributed by atoms with Crippen LogP contribution in [0.2, 0.25) is 0 Å². The van der Waals surface area contributed by atoms with Gasteiger partial charge in [0.05, 0.1) is 0 Å². The largest absolute Gasteiger partial charge is 0.352 e. The van der Waals surface area contributed by atoms with Gasteiger partial charge in [-0.25, -0.2) is 4.79 Å². The topological polar surface area (TPSA) is 84.2 Å². The molecular formula is C13H18BrN3O2. The first-order valence-electron chi connectivity index (χ1n) is 6.06. The van der Waals surface area contributed by atoms with E-state index in [0.29, 0.717) is 5.69 Å². The Morgan fingerprint density at radius 3 is 2.37 bits per heavy atom. The monoisotopic (exact) mass is 327 g/mol. The van der Waals surface area contributed by atoms with Crippen molar-refractivity contribution in [1.82, 2.24) is 5.32 Å². The number of nitrogens with two attached hydrogens (primary N) is 1. The minimum atomic E-state index is -0.698. The summed E-state index contributed by atoms with van der Waals surface area (Å²) in [5.74, 6) is -0.265. The predicted molar refractivity (Wildman–Crippen MR) is 78.7 cm³/mol. The Kier molecular flexibility index (Phi) is 5.82. The number of carbonyl (C=O) groups excluding carboxylic acids is 2. The summed E-state index contributed by atoms with van der Waals surface area (Å²) in [6.07, 6.45) is 0.763. The second kappa shape index (κ2) is 7.13. The van der Waals surface area contributed by atoms with Crippen LogP contribution in [0, 0.1) is 5.92 Å². The molecule has 0 saturated heterocycles. The van der Waals surface area contributed by atoms with Crippen molar-refractivity contribution >= 4 is 33.6 Å². The molecular weight excluding hydrogens is 310 g/mol. The Morgan fingerprint density at radius 2 is 1.89 bits per heavy atom. The fourth-order valence-electron chi connectivity index (χ4n) is 1.61. The van der Waals surface area contributed by atoms with E-state index in [0.717, 1.165) is 10.9 Å². The van der Waals surface area contributed by atoms with Crippen molar-refractivity contribution in [3.8, 4) is 0 Å². The normalized spacial score (nSPS) is 13.4. The molecule has 1 aromatic rings. The molecule has 0 unspecified atom stereocenters. The van der Waals surface area contributed by atoms with Crippen molar-refractivity contribution in [3.05, 3.63) is 28.7 Å². The van der Waals surface area contributed by atoms with Gasteiger partial charge in [-0.1, -0.05) is 36.2 Å². The molecule has 0 aromatic heterocycles. The van der Waals surface area contributed by atoms with Crippen LogP contribution >= 0.6 is 15.9 Å². The van der Waals surface area contributed by atoms with Crippen molar-refractivity contribution in [2.24, 2.45) is 11.7 Å². The lowest BCUT2D eigenvalue weighted by Crippen LogP contribution is -2.49. The Labute approximate surface area is 121 Å². The molecule has 104 valence electrons. The quantitative estimate of drug-likeness (QED) is 0.776. The van der Waals surface area contributed by atoms with Gasteiger partial charge in [0, 0.05) is 10.2 Å². The highest BCUT2D eigenvalue weighted by molar-refractivity contribution is 9.10. The summed E-state index contributed by atoms with van der Waals surface area (Å²) in [5.41, 5.74) is 5.77. The smallest absolute Gasteiger partial charge is 0.312 e. The lowest BCUT2D eigenvalue weighted by atomic mass is 9.98. The number of hydrogen-bond acceptors (Lipinski definition) is 2. The third kappa shape index (κ3) is 4.90. The first-order chi connectivity index (χ1) is 8.93. The molecule has 0 spiro atoms. The lowest BCUT2D eigenvalue weighted by Gasteiger charge is -2.22. The number of anilines is 1. The van der Waals surface area contributed by atoms with E-state index in [1.54, 1.807) is 12.1 Å². The van der Waals surface area contributed by atoms with Gasteiger partial charge in [0.25, 0.3) is 0 Å². The minimum absolute atomic E-state index is 0.00273. The predicted octanol–water partition coefficient (Wildman–Crippen LogP) is 2.47. The van der Waals surface area contributed by atoms with Gasteiger partial charge in [-0.05, 0) is 30.2 Å². The number of rotatable bonds is 5. The Balaban J connectivity index is 2.76. The zero-order chi connectivity index (χ0) is 14.4. The van der Waals surface area contributed by atoms with Crippen LogP contribution in [0.5, 0.6) is 0 Å². The van der Waals surface area contributed by atoms with Gasteiger partial charge in [0.1, 0.15) is 6.04 Å². The number of primary amides is 1. The van der Waals surface area contributed by atoms with E-state index < -0.39 is 12.1 Å². The van der Waals surface area contributed by atoms with E-state index in [2.05, 4.69) is 26.6 Å². The molecule has 1 rings (SSSR count). The average Bonchev–Trinajstić information content (AvgIpc) is 2.37. The number of hydrogen-bond donors (Lipinski definition) is 3. The maximum absolute atomic E-state index is 12.1. The van der Waals surface area contributed by atoms with Crippen molar-refractivity contribution in [1.29, 1.82) is 0 Å². The molecule has 0 radical (unpaired) electrons. The van der Waals surface area contributed by atoms with E-state index in [1.807, 2.05) is 26.0 Å². The molecule has 2 atom stereocenters. The second-order valence-corrected chi connectivity index (χ2v) is 5.28. The molecule has 6 heteroatoms. The van der Waals surface area contributed by atoms with Crippen molar-refractivity contribution < 1.29 is 9.59 Å². The van der Waals surface area contributed by atoms with Crippen LogP contribution < -0.4 is 16.4 Å². The number of urea groups is 1. The van der Waals surface area contributed by atoms with Gasteiger partial charge >= 0.3 is 6.03 Å². The standard InChI is InChI=1S/C13H18BrN3O2/c1-3-8(2)11(17-13(15)19)12(18)16-10-6-4-9(14)5-7-10/h4-8,11H,3H2,1-2H3,(H,16,18)(H3,15,17,19)/t8-,11-/m0/s1. The van der Waals surface area contributed by atoms with Crippen molar-refractivity contribution in [2.75, 3.05) is 5.32 Å². The number of halogens is 1. The summed E-state index contributed by atoms with van der Waals surface area (Å²) in [6.45, 7) is 3.84. The Hall–Kier alpha value is -1.56. The second-order valence-electron chi connectivity index (χ2n) is 4.37. The van der Waals surface area contributed by atoms with E-state index >= 15 is 0 Å². The minimum Gasteiger partial charge on any atom is -0.352 e. The molecule has 19 heavy (non-hydrogen) atoms. The van der Waals surface area contributed by atoms with Gasteiger partial charge in [-0.15, -0.1) is 0 Å². The third-order valence-electron chi connectivity index (χ3n) is 2.90. The molecule has 0 fully saturated rings. The van der Waals surface area contributed by atoms with Crippen LogP contribution in [-0.4, -0.2) is 18.0 Å². The number of nitrogens with one attached hydrogen (secondary N) is 2. The van der Waals surface area contributed by atoms with E-state index in [1.165, 1.54) is 0 Å². The molecule has 3 amide bonds. The SMILES string of the molecule is CC[C@H](C)[C@H](NC(N)=O)C(=O)Nc1ccc(Br)cc1. The maximum atomic E-state index is 12.1. The van der Waals surface area contributed by atoms with Gasteiger partial charge in [0.15, 0.2) is 0 Å². The van der Waals surface area contributed by atoms with E-state index in [4.69, 9.17) is 5.73 Å². The molecule has 0 heterocycles. The third-order valence-corrected chi connectivity index (χ3v) is 3.43. The zero-order valence-corrected chi connectivity index (χ0v) is 12.5. The van der Waals surface area contributed by atoms with Crippen molar-refractivity contribution in [2.45, 2.75) is 26.3 Å². The van der Waals surface area contributed by atoms with Crippen LogP contribution in [0.15, 0.2) is 28.7 Å². The number of benzene rings is 1. The molecule has 0 aliphatic rings. The summed E-state index contributed by atoms with van der Waals surface area (Å²) in [6, 6.07) is 5.88. The molecule has 0 aliphatic heterocycles. The maximum Gasteiger partial charge on any atom is 0.312 e.